The van der Waals surface area contributed by atoms with Crippen molar-refractivity contribution in [1.82, 2.24) is 34.5 Å². The minimum Gasteiger partial charge on any atom is -0.494 e. The fraction of sp³-hybridized carbons (Fsp3) is 0.562. The maximum Gasteiger partial charge on any atom is 0.337 e. The van der Waals surface area contributed by atoms with Crippen molar-refractivity contribution < 1.29 is 72.6 Å². The summed E-state index contributed by atoms with van der Waals surface area (Å²) in [4.78, 5) is 58.4. The van der Waals surface area contributed by atoms with Crippen LogP contribution in [0, 0.1) is 46.8 Å². The van der Waals surface area contributed by atoms with E-state index in [2.05, 4.69) is 153 Å². The van der Waals surface area contributed by atoms with Crippen LogP contribution in [0.2, 0.25) is 0 Å². The molecule has 0 saturated carbocycles. The number of nitrogens with zero attached hydrogens (tertiary/aromatic N) is 8. The fourth-order valence-corrected chi connectivity index (χ4v) is 14.1. The van der Waals surface area contributed by atoms with Gasteiger partial charge in [-0.3, -0.25) is 29.6 Å². The van der Waals surface area contributed by atoms with Crippen molar-refractivity contribution in [1.29, 1.82) is 0 Å². The SMILES string of the molecule is C.CO.COc1cc(F)ccc1[N+](=O)[O-].COc1cc(OCCCN2CCC[C@@H]2C)ccc1-n1c(C)nc2ccc(C)cc2c1=O.COc1cc(OCCCN2CCC[C@@H]2C)ccc1N.COc1cc(OCCCN2CCC[C@@H]2C)ccc1[N+](=O)[O-].C[C@H]1CCCN1.C[C@H]1CCCN1CCCO.Cc1ccc(N)c(C(=O)O)c1.IC(I)I.OCCCBr. The molecule has 684 valence electrons. The number of nitro groups is 2. The topological polar surface area (TPSA) is 361 Å². The Kier molecular flexibility index (Phi) is 57.6. The van der Waals surface area contributed by atoms with Crippen molar-refractivity contribution in [3.8, 4) is 45.9 Å². The monoisotopic (exact) mass is 2110 g/mol. The number of rotatable bonds is 28. The van der Waals surface area contributed by atoms with Crippen LogP contribution < -0.4 is 55.5 Å². The summed E-state index contributed by atoms with van der Waals surface area (Å²) < 4.78 is 52.6. The van der Waals surface area contributed by atoms with Crippen LogP contribution in [0.3, 0.4) is 0 Å². The van der Waals surface area contributed by atoms with Crippen LogP contribution in [-0.4, -0.2) is 228 Å². The van der Waals surface area contributed by atoms with E-state index in [9.17, 15) is 34.2 Å². The second-order valence-corrected chi connectivity index (χ2v) is 41.1. The van der Waals surface area contributed by atoms with Gasteiger partial charge in [-0.25, -0.2) is 14.2 Å². The van der Waals surface area contributed by atoms with Gasteiger partial charge in [-0.1, -0.05) is 114 Å². The molecule has 5 fully saturated rings. The van der Waals surface area contributed by atoms with Gasteiger partial charge >= 0.3 is 17.3 Å². The zero-order chi connectivity index (χ0) is 89.9. The van der Waals surface area contributed by atoms with Crippen molar-refractivity contribution >= 4 is 123 Å². The molecule has 5 atom stereocenters. The number of carboxylic acid groups (broad SMARTS) is 1. The van der Waals surface area contributed by atoms with E-state index in [1.807, 2.05) is 75.4 Å². The van der Waals surface area contributed by atoms with E-state index < -0.39 is 21.6 Å². The zero-order valence-corrected chi connectivity index (χ0v) is 80.8. The highest BCUT2D eigenvalue weighted by molar-refractivity contribution is 14.3. The molecule has 12 rings (SSSR count). The molecule has 5 aliphatic rings. The number of ether oxygens (including phenoxy) is 7. The van der Waals surface area contributed by atoms with E-state index in [4.69, 9.17) is 60.3 Å². The van der Waals surface area contributed by atoms with Gasteiger partial charge in [0.05, 0.1) is 85.9 Å². The number of nitrogens with one attached hydrogen (secondary N) is 1. The molecule has 6 aromatic carbocycles. The highest BCUT2D eigenvalue weighted by Crippen LogP contribution is 2.33. The molecular weight excluding hydrogens is 1970 g/mol. The molecule has 33 heteroatoms. The Bertz CT molecular complexity index is 4190. The molecule has 6 heterocycles. The van der Waals surface area contributed by atoms with E-state index in [0.29, 0.717) is 89.5 Å². The number of carboxylic acids is 1. The standard InChI is InChI=1S/C25H31N3O3.C15H22N2O4.C15H24N2O2.C8H9NO2.C8H17NO.C7H6FNO3.C5H11N.C3H7BrO.CHI3.CH4O.CH4/c1-17-8-10-22-21(15-17)25(29)28(19(3)26-22)23-11-9-20(16-24(23)30-4)31-14-6-13-27-12-5-7-18(27)2;1-12-5-3-8-16(12)9-4-10-21-13-6-7-14(17(18)19)15(11-13)20-2;1-12-5-3-8-17(12)9-4-10-19-13-6-7-14(16)15(11-13)18-2;1-5-2-3-7(9)6(4-5)8(10)11;1-8-4-2-5-9(8)6-3-7-10;1-12-7-4-5(8)2-3-6(7)9(10)11;1-5-3-2-4-6-5;4-2-1-3-5;2-1(3)4;1-2;/h8-11,15-16,18H,5-7,12-14H2,1-4H3;6-7,11-12H,3-5,8-10H2,1-2H3;6-7,11-12H,3-5,8-10,16H2,1-2H3;2-4H,9H2,1H3,(H,10,11);8,10H,2-7H2,1H3;2-4H,1H3;5-6H,2-4H2,1H3;5H,1-3H2;1H;2H,1H3;1H4/t18-;2*12-;;8-;;5-;;;;/m000.0.0..../s1. The summed E-state index contributed by atoms with van der Waals surface area (Å²) in [6.07, 6.45) is 18.0. The van der Waals surface area contributed by atoms with Crippen LogP contribution in [-0.2, 0) is 0 Å². The molecule has 9 N–H and O–H groups in total. The number of nitro benzene ring substituents is 2. The van der Waals surface area contributed by atoms with E-state index >= 15 is 0 Å². The Morgan fingerprint density at radius 3 is 1.34 bits per heavy atom. The third-order valence-electron chi connectivity index (χ3n) is 20.5. The predicted octanol–water partition coefficient (Wildman–Crippen LogP) is 17.9. The Morgan fingerprint density at radius 2 is 0.967 bits per heavy atom. The molecular formula is C89H136BrFI3N11O17. The quantitative estimate of drug-likeness (QED) is 0.00598. The third-order valence-corrected chi connectivity index (χ3v) is 21.0. The van der Waals surface area contributed by atoms with Crippen LogP contribution in [0.4, 0.5) is 27.1 Å². The van der Waals surface area contributed by atoms with Gasteiger partial charge in [0.25, 0.3) is 5.56 Å². The summed E-state index contributed by atoms with van der Waals surface area (Å²) >= 11 is 10.1. The molecule has 5 saturated heterocycles. The summed E-state index contributed by atoms with van der Waals surface area (Å²) in [6.45, 7) is 30.0. The lowest BCUT2D eigenvalue weighted by Gasteiger charge is -2.20. The number of nitrogen functional groups attached to an aromatic ring is 2. The number of methoxy groups -OCH3 is 4. The number of nitrogens with two attached hydrogens (primary N) is 2. The summed E-state index contributed by atoms with van der Waals surface area (Å²) in [5.74, 6) is 2.66. The number of aliphatic hydroxyl groups excluding tert-OH is 3. The highest BCUT2D eigenvalue weighted by atomic mass is 127. The minimum atomic E-state index is -0.980. The predicted molar refractivity (Wildman–Crippen MR) is 519 cm³/mol. The number of aromatic carboxylic acids is 1. The van der Waals surface area contributed by atoms with Crippen molar-refractivity contribution in [3.63, 3.8) is 0 Å². The van der Waals surface area contributed by atoms with Crippen molar-refractivity contribution in [3.05, 3.63) is 168 Å². The Morgan fingerprint density at radius 1 is 0.566 bits per heavy atom. The molecule has 0 bridgehead atoms. The molecule has 0 spiro atoms. The lowest BCUT2D eigenvalue weighted by molar-refractivity contribution is -0.385. The molecule has 5 aliphatic heterocycles. The molecule has 0 radical (unpaired) electrons. The number of benzene rings is 6. The molecule has 7 aromatic rings. The number of likely N-dealkylation sites (tertiary alicyclic amines) is 4. The molecule has 0 amide bonds. The highest BCUT2D eigenvalue weighted by Gasteiger charge is 2.24. The van der Waals surface area contributed by atoms with Gasteiger partial charge in [0.2, 0.25) is 5.75 Å². The summed E-state index contributed by atoms with van der Waals surface area (Å²) in [6, 6.07) is 33.1. The maximum absolute atomic E-state index is 13.2. The number of aromatic nitrogens is 2. The normalized spacial score (nSPS) is 17.0. The lowest BCUT2D eigenvalue weighted by atomic mass is 10.1. The number of carbonyl (C=O) groups is 1. The number of anilines is 2. The second-order valence-electron chi connectivity index (χ2n) is 29.4. The first-order valence-corrected chi connectivity index (χ1v) is 46.0. The lowest BCUT2D eigenvalue weighted by Crippen LogP contribution is -2.28. The number of aliphatic hydroxyl groups is 3. The van der Waals surface area contributed by atoms with Gasteiger partial charge in [0.1, 0.15) is 40.3 Å². The van der Waals surface area contributed by atoms with Crippen LogP contribution in [0.25, 0.3) is 16.6 Å². The molecule has 1 aromatic heterocycles. The number of halogens is 5. The number of fused-ring (bicyclic) bond motifs is 1. The van der Waals surface area contributed by atoms with Gasteiger partial charge in [-0.2, -0.15) is 0 Å². The summed E-state index contributed by atoms with van der Waals surface area (Å²) in [7, 11) is 6.89. The summed E-state index contributed by atoms with van der Waals surface area (Å²) in [5, 5.41) is 58.2. The van der Waals surface area contributed by atoms with E-state index in [-0.39, 0.29) is 41.4 Å². The van der Waals surface area contributed by atoms with Crippen LogP contribution in [0.15, 0.2) is 114 Å². The minimum absolute atomic E-state index is 0. The first kappa shape index (κ1) is 111. The van der Waals surface area contributed by atoms with E-state index in [1.54, 1.807) is 49.1 Å². The molecule has 28 nitrogen and oxygen atoms in total. The average molecular weight is 2110 g/mol. The fourth-order valence-electron chi connectivity index (χ4n) is 13.8. The first-order chi connectivity index (χ1) is 57.9. The molecule has 0 aliphatic carbocycles. The molecule has 122 heavy (non-hydrogen) atoms. The van der Waals surface area contributed by atoms with Crippen LogP contribution in [0.1, 0.15) is 166 Å². The van der Waals surface area contributed by atoms with Gasteiger partial charge in [0.15, 0.2) is 5.75 Å². The smallest absolute Gasteiger partial charge is 0.337 e. The van der Waals surface area contributed by atoms with Crippen molar-refractivity contribution in [2.45, 2.75) is 189 Å². The van der Waals surface area contributed by atoms with Gasteiger partial charge in [0, 0.05) is 124 Å². The second kappa shape index (κ2) is 63.2. The number of hydrogen-bond donors (Lipinski definition) is 7. The zero-order valence-electron chi connectivity index (χ0n) is 72.8. The number of aryl methyl sites for hydroxylation is 3. The Balaban J connectivity index is 0.000000493. The maximum atomic E-state index is 13.2. The molecule has 0 unspecified atom stereocenters. The summed E-state index contributed by atoms with van der Waals surface area (Å²) in [5.41, 5.74) is 15.2. The van der Waals surface area contributed by atoms with Gasteiger partial charge in [-0.15, -0.1) is 0 Å². The van der Waals surface area contributed by atoms with Gasteiger partial charge in [-0.05, 0) is 245 Å². The van der Waals surface area contributed by atoms with Crippen molar-refractivity contribution in [2.75, 3.05) is 144 Å². The van der Waals surface area contributed by atoms with E-state index in [1.165, 1.54) is 117 Å². The Labute approximate surface area is 771 Å². The first-order valence-electron chi connectivity index (χ1n) is 41.2. The van der Waals surface area contributed by atoms with Crippen molar-refractivity contribution in [2.24, 2.45) is 0 Å². The van der Waals surface area contributed by atoms with E-state index in [0.717, 1.165) is 136 Å². The average Bonchev–Trinajstić information content (AvgIpc) is 0.850. The Hall–Kier alpha value is -6.79. The van der Waals surface area contributed by atoms with Crippen LogP contribution >= 0.6 is 83.7 Å². The largest absolute Gasteiger partial charge is 0.494 e. The number of hydrogen-bond acceptors (Lipinski definition) is 24. The van der Waals surface area contributed by atoms with Gasteiger partial charge < -0.3 is 90.0 Å². The van der Waals surface area contributed by atoms with Crippen LogP contribution in [0.5, 0.6) is 40.2 Å². The third kappa shape index (κ3) is 41.6. The number of alkyl halides is 4.